The molecule has 1 amide bonds. The molecule has 0 aliphatic rings. The van der Waals surface area contributed by atoms with Gasteiger partial charge in [-0.3, -0.25) is 4.79 Å². The molecule has 2 heterocycles. The Morgan fingerprint density at radius 2 is 1.76 bits per heavy atom. The van der Waals surface area contributed by atoms with Crippen LogP contribution in [0.5, 0.6) is 0 Å². The summed E-state index contributed by atoms with van der Waals surface area (Å²) in [6, 6.07) is 18.4. The molecule has 0 saturated heterocycles. The van der Waals surface area contributed by atoms with Gasteiger partial charge >= 0.3 is 0 Å². The number of aromatic nitrogens is 2. The summed E-state index contributed by atoms with van der Waals surface area (Å²) in [4.78, 5) is 23.5. The Hall–Kier alpha value is -3.69. The third-order valence-corrected chi connectivity index (χ3v) is 6.80. The topological polar surface area (TPSA) is 105 Å². The van der Waals surface area contributed by atoms with Gasteiger partial charge in [0.05, 0.1) is 24.7 Å². The van der Waals surface area contributed by atoms with E-state index in [0.29, 0.717) is 41.2 Å². The first-order valence-electron chi connectivity index (χ1n) is 11.6. The van der Waals surface area contributed by atoms with Gasteiger partial charge in [0.25, 0.3) is 5.91 Å². The first-order chi connectivity index (χ1) is 17.6. The van der Waals surface area contributed by atoms with Crippen LogP contribution in [0.15, 0.2) is 82.7 Å². The van der Waals surface area contributed by atoms with Crippen molar-refractivity contribution in [1.82, 2.24) is 9.97 Å². The second kappa shape index (κ2) is 11.1. The van der Waals surface area contributed by atoms with Crippen molar-refractivity contribution in [3.05, 3.63) is 101 Å². The third kappa shape index (κ3) is 6.75. The Morgan fingerprint density at radius 1 is 1.05 bits per heavy atom. The molecule has 0 saturated carbocycles. The largest absolute Gasteiger partial charge is 0.467 e. The van der Waals surface area contributed by atoms with E-state index < -0.39 is 20.9 Å². The summed E-state index contributed by atoms with van der Waals surface area (Å²) >= 11 is 5.96. The molecule has 0 atom stereocenters. The maximum atomic E-state index is 13.4. The van der Waals surface area contributed by atoms with Gasteiger partial charge in [0.15, 0.2) is 5.69 Å². The van der Waals surface area contributed by atoms with Crippen molar-refractivity contribution >= 4 is 38.7 Å². The van der Waals surface area contributed by atoms with E-state index in [0.717, 1.165) is 11.8 Å². The van der Waals surface area contributed by atoms with Crippen LogP contribution in [-0.4, -0.2) is 30.5 Å². The molecule has 0 aliphatic carbocycles. The summed E-state index contributed by atoms with van der Waals surface area (Å²) in [5.74, 6) is 0.479. The van der Waals surface area contributed by atoms with Crippen molar-refractivity contribution in [2.45, 2.75) is 38.0 Å². The van der Waals surface area contributed by atoms with E-state index >= 15 is 0 Å². The number of furan rings is 1. The highest BCUT2D eigenvalue weighted by molar-refractivity contribution is 7.90. The van der Waals surface area contributed by atoms with Crippen molar-refractivity contribution in [3.8, 4) is 0 Å². The number of rotatable bonds is 9. The van der Waals surface area contributed by atoms with Crippen molar-refractivity contribution in [2.75, 3.05) is 16.5 Å². The molecule has 0 bridgehead atoms. The Bertz CT molecular complexity index is 1470. The van der Waals surface area contributed by atoms with Gasteiger partial charge < -0.3 is 14.6 Å². The van der Waals surface area contributed by atoms with E-state index in [1.54, 1.807) is 36.6 Å². The lowest BCUT2D eigenvalue weighted by molar-refractivity contribution is 0.102. The number of carbonyl (C=O) groups is 1. The number of anilines is 2. The van der Waals surface area contributed by atoms with E-state index in [1.807, 2.05) is 23.1 Å². The zero-order valence-electron chi connectivity index (χ0n) is 20.7. The van der Waals surface area contributed by atoms with Crippen LogP contribution in [0.4, 0.5) is 11.4 Å². The minimum atomic E-state index is -3.76. The van der Waals surface area contributed by atoms with Crippen LogP contribution in [0.3, 0.4) is 0 Å². The average Bonchev–Trinajstić information content (AvgIpc) is 3.37. The minimum absolute atomic E-state index is 0.0734. The summed E-state index contributed by atoms with van der Waals surface area (Å²) in [5, 5.41) is 2.86. The van der Waals surface area contributed by atoms with Crippen LogP contribution in [0.1, 0.15) is 47.1 Å². The molecule has 1 N–H and O–H groups in total. The quantitative estimate of drug-likeness (QED) is 0.272. The maximum Gasteiger partial charge on any atom is 0.276 e. The van der Waals surface area contributed by atoms with E-state index in [9.17, 15) is 13.2 Å². The van der Waals surface area contributed by atoms with E-state index in [4.69, 9.17) is 16.0 Å². The molecule has 0 fully saturated rings. The van der Waals surface area contributed by atoms with Gasteiger partial charge in [-0.25, -0.2) is 18.4 Å². The van der Waals surface area contributed by atoms with E-state index in [2.05, 4.69) is 41.3 Å². The summed E-state index contributed by atoms with van der Waals surface area (Å²) in [6.07, 6.45) is 3.94. The molecular formula is C27H27ClN4O4S. The van der Waals surface area contributed by atoms with Crippen LogP contribution in [0.2, 0.25) is 5.02 Å². The molecule has 2 aromatic heterocycles. The predicted octanol–water partition coefficient (Wildman–Crippen LogP) is 5.71. The van der Waals surface area contributed by atoms with Gasteiger partial charge in [-0.1, -0.05) is 49.7 Å². The zero-order valence-corrected chi connectivity index (χ0v) is 22.3. The fraction of sp³-hybridized carbons (Fsp3) is 0.222. The molecule has 0 aliphatic heterocycles. The van der Waals surface area contributed by atoms with E-state index in [-0.39, 0.29) is 5.69 Å². The number of nitrogens with zero attached hydrogens (tertiary/aromatic N) is 3. The number of hydrogen-bond donors (Lipinski definition) is 1. The molecule has 4 aromatic rings. The molecule has 2 aromatic carbocycles. The lowest BCUT2D eigenvalue weighted by Crippen LogP contribution is -2.27. The molecule has 0 spiro atoms. The Kier molecular flexibility index (Phi) is 7.94. The van der Waals surface area contributed by atoms with Gasteiger partial charge in [-0.15, -0.1) is 0 Å². The first-order valence-corrected chi connectivity index (χ1v) is 13.9. The predicted molar refractivity (Wildman–Crippen MR) is 144 cm³/mol. The van der Waals surface area contributed by atoms with Gasteiger partial charge in [0, 0.05) is 23.5 Å². The first kappa shape index (κ1) is 26.4. The number of hydrogen-bond acceptors (Lipinski definition) is 7. The molecule has 37 heavy (non-hydrogen) atoms. The summed E-state index contributed by atoms with van der Waals surface area (Å²) in [5.41, 5.74) is 2.98. The summed E-state index contributed by atoms with van der Waals surface area (Å²) in [7, 11) is -3.76. The van der Waals surface area contributed by atoms with Gasteiger partial charge in [-0.2, -0.15) is 0 Å². The van der Waals surface area contributed by atoms with Crippen LogP contribution >= 0.6 is 11.6 Å². The highest BCUT2D eigenvalue weighted by atomic mass is 35.5. The third-order valence-electron chi connectivity index (χ3n) is 5.68. The van der Waals surface area contributed by atoms with Crippen molar-refractivity contribution < 1.29 is 17.6 Å². The maximum absolute atomic E-state index is 13.4. The van der Waals surface area contributed by atoms with Crippen LogP contribution in [-0.2, 0) is 22.9 Å². The normalized spacial score (nSPS) is 11.5. The number of halogens is 1. The number of carbonyl (C=O) groups excluding carboxylic acids is 1. The molecule has 0 unspecified atom stereocenters. The van der Waals surface area contributed by atoms with Gasteiger partial charge in [0.1, 0.15) is 5.76 Å². The molecule has 4 rings (SSSR count). The zero-order chi connectivity index (χ0) is 26.6. The lowest BCUT2D eigenvalue weighted by Gasteiger charge is -2.25. The summed E-state index contributed by atoms with van der Waals surface area (Å²) in [6.45, 7) is 4.97. The highest BCUT2D eigenvalue weighted by Gasteiger charge is 2.24. The fourth-order valence-corrected chi connectivity index (χ4v) is 4.33. The number of benzene rings is 2. The Morgan fingerprint density at radius 3 is 2.35 bits per heavy atom. The standard InChI is InChI=1S/C27H27ClN4O4S/c1-18(2)20-8-6-19(7-9-20)16-32(17-23-5-4-14-36-23)24-15-29-27(37(3,34)35)31-25(24)26(33)30-22-12-10-21(28)11-13-22/h4-15,18H,16-17H2,1-3H3,(H,30,33). The second-order valence-electron chi connectivity index (χ2n) is 8.95. The van der Waals surface area contributed by atoms with Crippen molar-refractivity contribution in [2.24, 2.45) is 0 Å². The SMILES string of the molecule is CC(C)c1ccc(CN(Cc2ccco2)c2cnc(S(C)(=O)=O)nc2C(=O)Nc2ccc(Cl)cc2)cc1. The average molecular weight is 539 g/mol. The second-order valence-corrected chi connectivity index (χ2v) is 11.3. The molecule has 10 heteroatoms. The minimum Gasteiger partial charge on any atom is -0.467 e. The molecule has 192 valence electrons. The van der Waals surface area contributed by atoms with Crippen LogP contribution in [0.25, 0.3) is 0 Å². The fourth-order valence-electron chi connectivity index (χ4n) is 3.71. The van der Waals surface area contributed by atoms with Gasteiger partial charge in [0.2, 0.25) is 15.0 Å². The van der Waals surface area contributed by atoms with Gasteiger partial charge in [-0.05, 0) is 53.4 Å². The van der Waals surface area contributed by atoms with Crippen LogP contribution in [0, 0.1) is 0 Å². The Labute approximate surface area is 221 Å². The number of nitrogens with one attached hydrogen (secondary N) is 1. The molecular weight excluding hydrogens is 512 g/mol. The molecule has 0 radical (unpaired) electrons. The Balaban J connectivity index is 1.76. The smallest absolute Gasteiger partial charge is 0.276 e. The van der Waals surface area contributed by atoms with Crippen molar-refractivity contribution in [3.63, 3.8) is 0 Å². The van der Waals surface area contributed by atoms with Crippen molar-refractivity contribution in [1.29, 1.82) is 0 Å². The lowest BCUT2D eigenvalue weighted by atomic mass is 10.0. The van der Waals surface area contributed by atoms with Crippen LogP contribution < -0.4 is 10.2 Å². The number of sulfone groups is 1. The monoisotopic (exact) mass is 538 g/mol. The highest BCUT2D eigenvalue weighted by Crippen LogP contribution is 2.26. The van der Waals surface area contributed by atoms with E-state index in [1.165, 1.54) is 11.8 Å². The molecule has 8 nitrogen and oxygen atoms in total. The number of amides is 1. The summed E-state index contributed by atoms with van der Waals surface area (Å²) < 4.78 is 30.0.